The molecule has 5 aromatic rings. The van der Waals surface area contributed by atoms with E-state index in [1.165, 1.54) is 0 Å². The number of benzene rings is 1. The molecule has 2 aliphatic heterocycles. The summed E-state index contributed by atoms with van der Waals surface area (Å²) in [6, 6.07) is 8.94. The highest BCUT2D eigenvalue weighted by Crippen LogP contribution is 2.54. The van der Waals surface area contributed by atoms with Crippen LogP contribution in [0, 0.1) is 11.3 Å². The fourth-order valence-corrected chi connectivity index (χ4v) is 8.74. The van der Waals surface area contributed by atoms with Crippen molar-refractivity contribution in [2.24, 2.45) is 14.1 Å². The molecule has 0 unspecified atom stereocenters. The summed E-state index contributed by atoms with van der Waals surface area (Å²) >= 11 is 0. The van der Waals surface area contributed by atoms with Gasteiger partial charge in [0.15, 0.2) is 0 Å². The second kappa shape index (κ2) is 10.5. The van der Waals surface area contributed by atoms with Crippen molar-refractivity contribution in [3.8, 4) is 28.5 Å². The summed E-state index contributed by atoms with van der Waals surface area (Å²) in [4.78, 5) is 27.3. The predicted molar refractivity (Wildman–Crippen MR) is 176 cm³/mol. The number of carbonyl (C=O) groups is 1. The number of aromatic nitrogens is 6. The van der Waals surface area contributed by atoms with Crippen molar-refractivity contribution in [3.63, 3.8) is 0 Å². The van der Waals surface area contributed by atoms with Gasteiger partial charge in [-0.1, -0.05) is 6.07 Å². The maximum Gasteiger partial charge on any atom is 0.237 e. The number of aromatic amines is 1. The van der Waals surface area contributed by atoms with Gasteiger partial charge in [-0.25, -0.2) is 4.98 Å². The highest BCUT2D eigenvalue weighted by Gasteiger charge is 2.55. The van der Waals surface area contributed by atoms with Gasteiger partial charge in [0.2, 0.25) is 5.91 Å². The number of amides is 1. The van der Waals surface area contributed by atoms with Crippen LogP contribution in [-0.2, 0) is 29.0 Å². The summed E-state index contributed by atoms with van der Waals surface area (Å²) in [7, 11) is 7.54. The minimum atomic E-state index is -0.680. The molecule has 1 saturated carbocycles. The molecule has 1 spiro atoms. The number of rotatable bonds is 5. The van der Waals surface area contributed by atoms with Gasteiger partial charge in [0.05, 0.1) is 59.5 Å². The van der Waals surface area contributed by atoms with E-state index < -0.39 is 5.41 Å². The van der Waals surface area contributed by atoms with Crippen molar-refractivity contribution in [3.05, 3.63) is 48.5 Å². The first-order valence-corrected chi connectivity index (χ1v) is 16.2. The average Bonchev–Trinajstić information content (AvgIpc) is 3.83. The van der Waals surface area contributed by atoms with Crippen LogP contribution in [0.5, 0.6) is 0 Å². The standard InChI is InChI=1S/C35H39N9O2/c1-41-21-24(19-38-41)31-28(22-5-6-26-23(17-22)18-39-43(26)3)29-30-27(20-37-32(29)40-31)42(2)33(45)35(30)12-15-44(16-13-35)34(11-14-36)9-7-25(46-4)8-10-34/h5-6,17-21,25H,7-13,15-16H2,1-4H3,(H,37,40). The Labute approximate surface area is 267 Å². The number of likely N-dealkylation sites (N-methyl/N-ethyl adjacent to an activating group) is 1. The lowest BCUT2D eigenvalue weighted by atomic mass is 9.69. The average molecular weight is 618 g/mol. The Bertz CT molecular complexity index is 2030. The molecule has 46 heavy (non-hydrogen) atoms. The van der Waals surface area contributed by atoms with Crippen molar-refractivity contribution >= 4 is 33.5 Å². The molecule has 2 fully saturated rings. The molecule has 1 saturated heterocycles. The quantitative estimate of drug-likeness (QED) is 0.292. The molecule has 1 aromatic carbocycles. The molecule has 4 aromatic heterocycles. The smallest absolute Gasteiger partial charge is 0.237 e. The Morgan fingerprint density at radius 1 is 1.04 bits per heavy atom. The number of hydrogen-bond donors (Lipinski definition) is 1. The molecule has 8 rings (SSSR count). The lowest BCUT2D eigenvalue weighted by Crippen LogP contribution is -2.57. The predicted octanol–water partition coefficient (Wildman–Crippen LogP) is 5.07. The third-order valence-electron chi connectivity index (χ3n) is 11.3. The second-order valence-corrected chi connectivity index (χ2v) is 13.5. The number of nitriles is 1. The monoisotopic (exact) mass is 617 g/mol. The zero-order valence-corrected chi connectivity index (χ0v) is 26.9. The number of pyridine rings is 1. The van der Waals surface area contributed by atoms with Gasteiger partial charge < -0.3 is 14.6 Å². The number of piperidine rings is 1. The highest BCUT2D eigenvalue weighted by molar-refractivity contribution is 6.16. The molecule has 0 bridgehead atoms. The summed E-state index contributed by atoms with van der Waals surface area (Å²) in [5.74, 6) is 0.131. The van der Waals surface area contributed by atoms with Gasteiger partial charge in [-0.3, -0.25) is 19.1 Å². The number of methoxy groups -OCH3 is 1. The minimum absolute atomic E-state index is 0.131. The maximum absolute atomic E-state index is 14.4. The first-order chi connectivity index (χ1) is 22.3. The molecular formula is C35H39N9O2. The number of fused-ring (bicyclic) bond motifs is 5. The van der Waals surface area contributed by atoms with Gasteiger partial charge in [-0.2, -0.15) is 15.5 Å². The summed E-state index contributed by atoms with van der Waals surface area (Å²) < 4.78 is 9.36. The van der Waals surface area contributed by atoms with Crippen LogP contribution in [0.3, 0.4) is 0 Å². The number of anilines is 1. The topological polar surface area (TPSA) is 121 Å². The van der Waals surface area contributed by atoms with Crippen LogP contribution in [0.1, 0.15) is 50.5 Å². The van der Waals surface area contributed by atoms with Crippen molar-refractivity contribution in [2.75, 3.05) is 32.1 Å². The number of hydrogen-bond acceptors (Lipinski definition) is 7. The van der Waals surface area contributed by atoms with Crippen molar-refractivity contribution in [1.29, 1.82) is 5.26 Å². The molecule has 1 aliphatic carbocycles. The number of aryl methyl sites for hydroxylation is 2. The van der Waals surface area contributed by atoms with Gasteiger partial charge in [0.25, 0.3) is 0 Å². The Kier molecular flexibility index (Phi) is 6.60. The Morgan fingerprint density at radius 3 is 2.52 bits per heavy atom. The first-order valence-electron chi connectivity index (χ1n) is 16.2. The van der Waals surface area contributed by atoms with E-state index in [0.717, 1.165) is 94.3 Å². The van der Waals surface area contributed by atoms with Crippen LogP contribution in [-0.4, -0.2) is 79.2 Å². The van der Waals surface area contributed by atoms with Crippen LogP contribution < -0.4 is 4.90 Å². The highest BCUT2D eigenvalue weighted by atomic mass is 16.5. The van der Waals surface area contributed by atoms with E-state index in [4.69, 9.17) is 9.72 Å². The summed E-state index contributed by atoms with van der Waals surface area (Å²) in [5.41, 5.74) is 6.88. The van der Waals surface area contributed by atoms with Crippen molar-refractivity contribution in [2.45, 2.75) is 62.0 Å². The Balaban J connectivity index is 1.28. The van der Waals surface area contributed by atoms with Crippen LogP contribution >= 0.6 is 0 Å². The van der Waals surface area contributed by atoms with E-state index in [0.29, 0.717) is 19.3 Å². The largest absolute Gasteiger partial charge is 0.381 e. The summed E-state index contributed by atoms with van der Waals surface area (Å²) in [5, 5.41) is 20.9. The van der Waals surface area contributed by atoms with Crippen molar-refractivity contribution in [1.82, 2.24) is 34.4 Å². The van der Waals surface area contributed by atoms with E-state index in [9.17, 15) is 10.1 Å². The van der Waals surface area contributed by atoms with Crippen LogP contribution in [0.4, 0.5) is 5.69 Å². The maximum atomic E-state index is 14.4. The number of nitrogens with zero attached hydrogens (tertiary/aromatic N) is 8. The van der Waals surface area contributed by atoms with E-state index in [2.05, 4.69) is 44.3 Å². The van der Waals surface area contributed by atoms with E-state index in [1.54, 1.807) is 11.8 Å². The number of ether oxygens (including phenoxy) is 1. The second-order valence-electron chi connectivity index (χ2n) is 13.5. The van der Waals surface area contributed by atoms with E-state index in [-0.39, 0.29) is 17.6 Å². The van der Waals surface area contributed by atoms with Crippen LogP contribution in [0.2, 0.25) is 0 Å². The number of nitrogens with one attached hydrogen (secondary N) is 1. The minimum Gasteiger partial charge on any atom is -0.381 e. The van der Waals surface area contributed by atoms with Gasteiger partial charge in [0, 0.05) is 80.5 Å². The molecule has 6 heterocycles. The van der Waals surface area contributed by atoms with Crippen molar-refractivity contribution < 1.29 is 9.53 Å². The molecule has 1 N–H and O–H groups in total. The van der Waals surface area contributed by atoms with Gasteiger partial charge in [-0.05, 0) is 56.2 Å². The zero-order chi connectivity index (χ0) is 31.8. The number of H-pyrrole nitrogens is 1. The Hall–Kier alpha value is -4.53. The molecule has 3 aliphatic rings. The molecule has 0 atom stereocenters. The van der Waals surface area contributed by atoms with Crippen LogP contribution in [0.25, 0.3) is 44.3 Å². The molecule has 11 heteroatoms. The van der Waals surface area contributed by atoms with Gasteiger partial charge in [0.1, 0.15) is 5.65 Å². The summed E-state index contributed by atoms with van der Waals surface area (Å²) in [6.45, 7) is 1.53. The lowest BCUT2D eigenvalue weighted by Gasteiger charge is -2.51. The lowest BCUT2D eigenvalue weighted by molar-refractivity contribution is -0.125. The number of carbonyl (C=O) groups excluding carboxylic acids is 1. The van der Waals surface area contributed by atoms with Crippen LogP contribution in [0.15, 0.2) is 43.0 Å². The zero-order valence-electron chi connectivity index (χ0n) is 26.9. The number of likely N-dealkylation sites (tertiary alicyclic amines) is 1. The molecule has 236 valence electrons. The molecule has 1 amide bonds. The Morgan fingerprint density at radius 2 is 1.83 bits per heavy atom. The third-order valence-corrected chi connectivity index (χ3v) is 11.3. The fourth-order valence-electron chi connectivity index (χ4n) is 8.74. The van der Waals surface area contributed by atoms with Gasteiger partial charge >= 0.3 is 0 Å². The molecule has 0 radical (unpaired) electrons. The first kappa shape index (κ1) is 28.9. The summed E-state index contributed by atoms with van der Waals surface area (Å²) in [6.07, 6.45) is 13.6. The molecular weight excluding hydrogens is 578 g/mol. The SMILES string of the molecule is COC1CCC(CC#N)(N2CCC3(CC2)C(=O)N(C)c2cnc4[nH]c(-c5cnn(C)c5)c(-c5ccc6c(cnn6C)c5)c4c23)CC1. The normalized spacial score (nSPS) is 23.1. The molecule has 11 nitrogen and oxygen atoms in total. The fraction of sp³-hybridized carbons (Fsp3) is 0.457. The van der Waals surface area contributed by atoms with E-state index >= 15 is 0 Å². The van der Waals surface area contributed by atoms with E-state index in [1.807, 2.05) is 55.5 Å². The van der Waals surface area contributed by atoms with Gasteiger partial charge in [-0.15, -0.1) is 0 Å². The third kappa shape index (κ3) is 4.09.